The van der Waals surface area contributed by atoms with Crippen molar-refractivity contribution in [3.05, 3.63) is 83.4 Å². The summed E-state index contributed by atoms with van der Waals surface area (Å²) in [5.41, 5.74) is 5.93. The van der Waals surface area contributed by atoms with E-state index in [1.165, 1.54) is 150 Å². The van der Waals surface area contributed by atoms with E-state index in [4.69, 9.17) is 9.98 Å². The van der Waals surface area contributed by atoms with Crippen molar-refractivity contribution in [1.29, 1.82) is 0 Å². The number of rotatable bonds is 17. The molecule has 0 bridgehead atoms. The van der Waals surface area contributed by atoms with Crippen molar-refractivity contribution >= 4 is 22.4 Å². The third kappa shape index (κ3) is 11.5. The van der Waals surface area contributed by atoms with Crippen molar-refractivity contribution in [1.82, 2.24) is 5.32 Å². The molecular weight excluding hydrogens is 595 g/mol. The Hall–Kier alpha value is -2.94. The van der Waals surface area contributed by atoms with Crippen molar-refractivity contribution in [2.75, 3.05) is 0 Å². The number of hydrogen-bond acceptors (Lipinski definition) is 1. The van der Waals surface area contributed by atoms with E-state index in [0.717, 1.165) is 25.2 Å². The normalized spacial score (nSPS) is 17.1. The summed E-state index contributed by atoms with van der Waals surface area (Å²) in [4.78, 5) is 10.8. The number of hydrogen-bond donors (Lipinski definition) is 1. The average Bonchev–Trinajstić information content (AvgIpc) is 3.15. The summed E-state index contributed by atoms with van der Waals surface area (Å²) in [6.07, 6.45) is 27.4. The second-order valence-electron chi connectivity index (χ2n) is 15.5. The number of nitrogens with one attached hydrogen (secondary N) is 1. The van der Waals surface area contributed by atoms with Crippen LogP contribution in [0.3, 0.4) is 0 Å². The zero-order valence-corrected chi connectivity index (χ0v) is 31.5. The summed E-state index contributed by atoms with van der Waals surface area (Å²) < 4.78 is 0. The van der Waals surface area contributed by atoms with E-state index < -0.39 is 0 Å². The fraction of sp³-hybridized carbons (Fsp3) is 0.609. The SMILES string of the molecule is CCCCC(CCCC)(CCCC)c1ccc(CCC(Cc2ccc3ccccc3c2)=NC(=NC2CCCCC2)NC2CCCCC2)cc1. The highest BCUT2D eigenvalue weighted by Crippen LogP contribution is 2.40. The lowest BCUT2D eigenvalue weighted by Crippen LogP contribution is -2.37. The lowest BCUT2D eigenvalue weighted by molar-refractivity contribution is 0.309. The molecule has 2 aliphatic rings. The molecule has 5 rings (SSSR count). The fourth-order valence-corrected chi connectivity index (χ4v) is 8.50. The van der Waals surface area contributed by atoms with E-state index in [1.807, 2.05) is 0 Å². The Labute approximate surface area is 299 Å². The summed E-state index contributed by atoms with van der Waals surface area (Å²) in [6, 6.07) is 26.5. The van der Waals surface area contributed by atoms with Crippen molar-refractivity contribution in [3.8, 4) is 0 Å². The average molecular weight is 662 g/mol. The lowest BCUT2D eigenvalue weighted by atomic mass is 9.69. The number of aliphatic imine (C=N–C) groups is 2. The molecule has 0 aromatic heterocycles. The number of unbranched alkanes of at least 4 members (excludes halogenated alkanes) is 3. The van der Waals surface area contributed by atoms with E-state index in [2.05, 4.69) is 92.8 Å². The molecule has 0 saturated heterocycles. The first-order valence-corrected chi connectivity index (χ1v) is 20.6. The van der Waals surface area contributed by atoms with E-state index in [0.29, 0.717) is 17.5 Å². The van der Waals surface area contributed by atoms with Crippen LogP contribution in [0.2, 0.25) is 0 Å². The zero-order valence-electron chi connectivity index (χ0n) is 31.5. The Morgan fingerprint density at radius 1 is 0.673 bits per heavy atom. The van der Waals surface area contributed by atoms with Crippen LogP contribution in [0.15, 0.2) is 76.7 Å². The van der Waals surface area contributed by atoms with Crippen LogP contribution in [0.4, 0.5) is 0 Å². The minimum atomic E-state index is 0.332. The molecular formula is C46H67N3. The fourth-order valence-electron chi connectivity index (χ4n) is 8.50. The van der Waals surface area contributed by atoms with Gasteiger partial charge in [-0.3, -0.25) is 0 Å². The molecule has 3 nitrogen and oxygen atoms in total. The minimum Gasteiger partial charge on any atom is -0.352 e. The highest BCUT2D eigenvalue weighted by Gasteiger charge is 2.30. The molecule has 1 N–H and O–H groups in total. The number of aryl methyl sites for hydroxylation is 1. The predicted molar refractivity (Wildman–Crippen MR) is 214 cm³/mol. The Morgan fingerprint density at radius 3 is 1.90 bits per heavy atom. The van der Waals surface area contributed by atoms with Gasteiger partial charge in [-0.05, 0) is 90.7 Å². The highest BCUT2D eigenvalue weighted by molar-refractivity contribution is 5.99. The first kappa shape index (κ1) is 37.3. The molecule has 0 unspecified atom stereocenters. The van der Waals surface area contributed by atoms with Gasteiger partial charge in [0.15, 0.2) is 0 Å². The Kier molecular flexibility index (Phi) is 15.3. The predicted octanol–water partition coefficient (Wildman–Crippen LogP) is 12.9. The summed E-state index contributed by atoms with van der Waals surface area (Å²) >= 11 is 0. The van der Waals surface area contributed by atoms with Crippen molar-refractivity contribution in [2.45, 2.75) is 180 Å². The molecule has 3 heteroatoms. The Bertz CT molecular complexity index is 1420. The first-order valence-electron chi connectivity index (χ1n) is 20.6. The molecule has 3 aromatic carbocycles. The smallest absolute Gasteiger partial charge is 0.218 e. The van der Waals surface area contributed by atoms with Gasteiger partial charge in [0.2, 0.25) is 5.96 Å². The first-order chi connectivity index (χ1) is 24.1. The van der Waals surface area contributed by atoms with Crippen molar-refractivity contribution in [3.63, 3.8) is 0 Å². The molecule has 2 fully saturated rings. The van der Waals surface area contributed by atoms with Gasteiger partial charge in [-0.15, -0.1) is 0 Å². The summed E-state index contributed by atoms with van der Waals surface area (Å²) in [7, 11) is 0. The lowest BCUT2D eigenvalue weighted by Gasteiger charge is -2.35. The molecule has 0 amide bonds. The zero-order chi connectivity index (χ0) is 34.2. The molecule has 3 aromatic rings. The van der Waals surface area contributed by atoms with Crippen molar-refractivity contribution < 1.29 is 0 Å². The maximum Gasteiger partial charge on any atom is 0.218 e. The number of benzene rings is 3. The number of fused-ring (bicyclic) bond motifs is 1. The molecule has 0 aliphatic heterocycles. The number of guanidine groups is 1. The monoisotopic (exact) mass is 662 g/mol. The summed E-state index contributed by atoms with van der Waals surface area (Å²) in [6.45, 7) is 7.04. The molecule has 2 saturated carbocycles. The molecule has 2 aliphatic carbocycles. The van der Waals surface area contributed by atoms with Crippen LogP contribution in [-0.4, -0.2) is 23.8 Å². The van der Waals surface area contributed by atoms with E-state index in [9.17, 15) is 0 Å². The molecule has 0 spiro atoms. The van der Waals surface area contributed by atoms with Gasteiger partial charge in [0.25, 0.3) is 0 Å². The topological polar surface area (TPSA) is 36.8 Å². The molecule has 0 heterocycles. The van der Waals surface area contributed by atoms with Gasteiger partial charge >= 0.3 is 0 Å². The maximum atomic E-state index is 5.47. The van der Waals surface area contributed by atoms with Crippen LogP contribution >= 0.6 is 0 Å². The van der Waals surface area contributed by atoms with Gasteiger partial charge in [0.1, 0.15) is 0 Å². The maximum absolute atomic E-state index is 5.47. The van der Waals surface area contributed by atoms with E-state index in [-0.39, 0.29) is 0 Å². The van der Waals surface area contributed by atoms with Crippen LogP contribution in [0.5, 0.6) is 0 Å². The summed E-state index contributed by atoms with van der Waals surface area (Å²) in [5.74, 6) is 0.914. The standard InChI is InChI=1S/C46H67N3/c1-4-7-32-46(33-8-5-2,34-9-6-3)41-29-25-37(26-30-41)27-31-44(36-38-24-28-39-18-16-17-19-40(39)35-38)49-45(47-42-20-12-10-13-21-42)48-43-22-14-11-15-23-43/h16-19,24-26,28-30,35,42-43H,4-15,20-23,27,31-34,36H2,1-3H3,(H,47,48). The van der Waals surface area contributed by atoms with Gasteiger partial charge in [0, 0.05) is 18.2 Å². The second-order valence-corrected chi connectivity index (χ2v) is 15.5. The van der Waals surface area contributed by atoms with Crippen LogP contribution in [0.25, 0.3) is 10.8 Å². The van der Waals surface area contributed by atoms with Gasteiger partial charge in [-0.1, -0.05) is 165 Å². The van der Waals surface area contributed by atoms with Crippen molar-refractivity contribution in [2.24, 2.45) is 9.98 Å². The largest absolute Gasteiger partial charge is 0.352 e. The van der Waals surface area contributed by atoms with E-state index in [1.54, 1.807) is 5.56 Å². The quantitative estimate of drug-likeness (QED) is 0.113. The van der Waals surface area contributed by atoms with Gasteiger partial charge in [-0.25, -0.2) is 9.98 Å². The van der Waals surface area contributed by atoms with Gasteiger partial charge in [-0.2, -0.15) is 0 Å². The molecule has 0 radical (unpaired) electrons. The highest BCUT2D eigenvalue weighted by atomic mass is 15.2. The minimum absolute atomic E-state index is 0.332. The van der Waals surface area contributed by atoms with Crippen LogP contribution in [0.1, 0.15) is 166 Å². The third-order valence-corrected chi connectivity index (χ3v) is 11.6. The van der Waals surface area contributed by atoms with E-state index >= 15 is 0 Å². The molecule has 266 valence electrons. The van der Waals surface area contributed by atoms with Gasteiger partial charge in [0.05, 0.1) is 6.04 Å². The molecule has 49 heavy (non-hydrogen) atoms. The third-order valence-electron chi connectivity index (χ3n) is 11.6. The summed E-state index contributed by atoms with van der Waals surface area (Å²) in [5, 5.41) is 6.50. The second kappa shape index (κ2) is 20.0. The number of nitrogens with zero attached hydrogens (tertiary/aromatic N) is 2. The Balaban J connectivity index is 1.40. The Morgan fingerprint density at radius 2 is 1.27 bits per heavy atom. The van der Waals surface area contributed by atoms with Crippen LogP contribution < -0.4 is 5.32 Å². The van der Waals surface area contributed by atoms with Gasteiger partial charge < -0.3 is 5.32 Å². The van der Waals surface area contributed by atoms with Crippen LogP contribution in [-0.2, 0) is 18.3 Å². The molecule has 0 atom stereocenters. The van der Waals surface area contributed by atoms with Crippen LogP contribution in [0, 0.1) is 0 Å².